The summed E-state index contributed by atoms with van der Waals surface area (Å²) in [6, 6.07) is 16.5. The van der Waals surface area contributed by atoms with Gasteiger partial charge >= 0.3 is 0 Å². The zero-order chi connectivity index (χ0) is 18.9. The van der Waals surface area contributed by atoms with Crippen LogP contribution in [0.1, 0.15) is 47.9 Å². The van der Waals surface area contributed by atoms with E-state index in [9.17, 15) is 0 Å². The molecule has 4 nitrogen and oxygen atoms in total. The molecule has 4 rings (SSSR count). The summed E-state index contributed by atoms with van der Waals surface area (Å²) in [4.78, 5) is 5.15. The van der Waals surface area contributed by atoms with Gasteiger partial charge in [0, 0.05) is 11.1 Å². The Morgan fingerprint density at radius 3 is 2.00 bits per heavy atom. The molecule has 0 spiro atoms. The minimum atomic E-state index is 0.478. The topological polar surface area (TPSA) is 54.2 Å². The van der Waals surface area contributed by atoms with Gasteiger partial charge in [-0.1, -0.05) is 71.5 Å². The predicted molar refractivity (Wildman–Crippen MR) is 110 cm³/mol. The maximum absolute atomic E-state index is 8.73. The molecule has 2 aromatic carbocycles. The lowest BCUT2D eigenvalue weighted by molar-refractivity contribution is 0.174. The second kappa shape index (κ2) is 9.72. The van der Waals surface area contributed by atoms with Gasteiger partial charge in [0.15, 0.2) is 0 Å². The van der Waals surface area contributed by atoms with Crippen molar-refractivity contribution in [3.8, 4) is 0 Å². The summed E-state index contributed by atoms with van der Waals surface area (Å²) in [5, 5.41) is 16.2. The summed E-state index contributed by atoms with van der Waals surface area (Å²) in [5.74, 6) is 0. The lowest BCUT2D eigenvalue weighted by atomic mass is 9.90. The van der Waals surface area contributed by atoms with Crippen molar-refractivity contribution in [3.05, 3.63) is 83.4 Å². The molecule has 2 aliphatic carbocycles. The van der Waals surface area contributed by atoms with Crippen molar-refractivity contribution >= 4 is 11.4 Å². The van der Waals surface area contributed by atoms with E-state index in [0.717, 1.165) is 55.5 Å². The molecule has 2 aliphatic rings. The van der Waals surface area contributed by atoms with Crippen molar-refractivity contribution in [1.82, 2.24) is 0 Å². The Kier molecular flexibility index (Phi) is 6.80. The van der Waals surface area contributed by atoms with Gasteiger partial charge in [-0.2, -0.15) is 0 Å². The van der Waals surface area contributed by atoms with Crippen LogP contribution in [0.5, 0.6) is 0 Å². The molecule has 0 fully saturated rings. The highest BCUT2D eigenvalue weighted by Crippen LogP contribution is 2.22. The maximum atomic E-state index is 8.73. The molecule has 4 heteroatoms. The highest BCUT2D eigenvalue weighted by Gasteiger charge is 2.15. The summed E-state index contributed by atoms with van der Waals surface area (Å²) >= 11 is 0. The fourth-order valence-electron chi connectivity index (χ4n) is 3.57. The van der Waals surface area contributed by atoms with E-state index in [1.165, 1.54) is 16.7 Å². The van der Waals surface area contributed by atoms with Crippen LogP contribution < -0.4 is 0 Å². The average Bonchev–Trinajstić information content (AvgIpc) is 2.74. The first kappa shape index (κ1) is 18.9. The normalized spacial score (nSPS) is 18.1. The van der Waals surface area contributed by atoms with Crippen LogP contribution in [0, 0.1) is 0 Å². The van der Waals surface area contributed by atoms with Crippen LogP contribution in [0.2, 0.25) is 0 Å². The maximum Gasteiger partial charge on any atom is 0.135 e. The highest BCUT2D eigenvalue weighted by atomic mass is 16.6. The fourth-order valence-corrected chi connectivity index (χ4v) is 3.57. The van der Waals surface area contributed by atoms with Gasteiger partial charge in [0.2, 0.25) is 0 Å². The standard InChI is InChI=1S/C13H15NO.C10H11NO/c1-2-10-15-14-13-9-5-7-11-6-3-4-8-12(11)13;12-11-10-7-3-5-8-4-1-2-6-9(8)10/h2-4,6,8H,1,5,7,9-10H2;1-2,4,6,12H,3,5,7H2/b14-13+;11-10+. The Morgan fingerprint density at radius 1 is 0.852 bits per heavy atom. The van der Waals surface area contributed by atoms with Crippen molar-refractivity contribution < 1.29 is 10.0 Å². The number of benzene rings is 2. The zero-order valence-corrected chi connectivity index (χ0v) is 15.6. The van der Waals surface area contributed by atoms with E-state index in [0.29, 0.717) is 6.61 Å². The molecule has 0 saturated carbocycles. The fraction of sp³-hybridized carbons (Fsp3) is 0.304. The molecule has 0 aromatic heterocycles. The zero-order valence-electron chi connectivity index (χ0n) is 15.6. The molecular weight excluding hydrogens is 336 g/mol. The van der Waals surface area contributed by atoms with Crippen molar-refractivity contribution in [2.24, 2.45) is 10.3 Å². The first-order valence-electron chi connectivity index (χ1n) is 9.50. The molecule has 0 saturated heterocycles. The minimum absolute atomic E-state index is 0.478. The Labute approximate surface area is 160 Å². The first-order valence-corrected chi connectivity index (χ1v) is 9.50. The Balaban J connectivity index is 0.000000159. The van der Waals surface area contributed by atoms with Gasteiger partial charge in [-0.25, -0.2) is 0 Å². The highest BCUT2D eigenvalue weighted by molar-refractivity contribution is 6.02. The third kappa shape index (κ3) is 4.85. The van der Waals surface area contributed by atoms with Crippen molar-refractivity contribution in [2.45, 2.75) is 38.5 Å². The lowest BCUT2D eigenvalue weighted by Gasteiger charge is -2.16. The summed E-state index contributed by atoms with van der Waals surface area (Å²) < 4.78 is 0. The quantitative estimate of drug-likeness (QED) is 0.356. The second-order valence-electron chi connectivity index (χ2n) is 6.69. The Morgan fingerprint density at radius 2 is 1.41 bits per heavy atom. The molecule has 27 heavy (non-hydrogen) atoms. The monoisotopic (exact) mass is 362 g/mol. The summed E-state index contributed by atoms with van der Waals surface area (Å²) in [6.45, 7) is 4.07. The molecule has 0 unspecified atom stereocenters. The number of nitrogens with zero attached hydrogens (tertiary/aromatic N) is 2. The van der Waals surface area contributed by atoms with Gasteiger partial charge in [0.25, 0.3) is 0 Å². The number of oxime groups is 2. The van der Waals surface area contributed by atoms with E-state index < -0.39 is 0 Å². The number of fused-ring (bicyclic) bond motifs is 2. The smallest absolute Gasteiger partial charge is 0.135 e. The number of hydrogen-bond donors (Lipinski definition) is 1. The Bertz CT molecular complexity index is 840. The predicted octanol–water partition coefficient (Wildman–Crippen LogP) is 5.13. The second-order valence-corrected chi connectivity index (χ2v) is 6.69. The van der Waals surface area contributed by atoms with Gasteiger partial charge in [0.1, 0.15) is 6.61 Å². The molecule has 0 bridgehead atoms. The first-order chi connectivity index (χ1) is 13.3. The number of hydrogen-bond acceptors (Lipinski definition) is 4. The van der Waals surface area contributed by atoms with Crippen LogP contribution >= 0.6 is 0 Å². The van der Waals surface area contributed by atoms with Crippen LogP contribution in [0.25, 0.3) is 0 Å². The third-order valence-electron chi connectivity index (χ3n) is 4.86. The molecule has 0 atom stereocenters. The molecule has 2 aromatic rings. The van der Waals surface area contributed by atoms with Crippen molar-refractivity contribution in [2.75, 3.05) is 6.61 Å². The van der Waals surface area contributed by atoms with Gasteiger partial charge < -0.3 is 10.0 Å². The van der Waals surface area contributed by atoms with E-state index in [4.69, 9.17) is 10.0 Å². The summed E-state index contributed by atoms with van der Waals surface area (Å²) in [6.07, 6.45) is 8.12. The largest absolute Gasteiger partial charge is 0.411 e. The van der Waals surface area contributed by atoms with Crippen LogP contribution in [0.4, 0.5) is 0 Å². The van der Waals surface area contributed by atoms with Gasteiger partial charge in [0.05, 0.1) is 11.4 Å². The van der Waals surface area contributed by atoms with E-state index in [1.54, 1.807) is 6.08 Å². The van der Waals surface area contributed by atoms with Gasteiger partial charge in [-0.15, -0.1) is 0 Å². The van der Waals surface area contributed by atoms with E-state index in [2.05, 4.69) is 41.2 Å². The van der Waals surface area contributed by atoms with Gasteiger partial charge in [-0.05, 0) is 49.7 Å². The average molecular weight is 362 g/mol. The van der Waals surface area contributed by atoms with Crippen molar-refractivity contribution in [1.29, 1.82) is 0 Å². The van der Waals surface area contributed by atoms with Crippen molar-refractivity contribution in [3.63, 3.8) is 0 Å². The minimum Gasteiger partial charge on any atom is -0.411 e. The van der Waals surface area contributed by atoms with Gasteiger partial charge in [-0.3, -0.25) is 0 Å². The SMILES string of the molecule is C=CCO/N=C1\CCCc2ccccc21.O/N=C1\CCCc2ccccc21. The van der Waals surface area contributed by atoms with E-state index >= 15 is 0 Å². The number of rotatable bonds is 3. The van der Waals surface area contributed by atoms with Crippen LogP contribution in [0.3, 0.4) is 0 Å². The lowest BCUT2D eigenvalue weighted by Crippen LogP contribution is -2.12. The van der Waals surface area contributed by atoms with Crippen LogP contribution in [-0.2, 0) is 17.7 Å². The van der Waals surface area contributed by atoms with E-state index in [-0.39, 0.29) is 0 Å². The molecule has 0 amide bonds. The Hall–Kier alpha value is -2.88. The molecule has 140 valence electrons. The number of aryl methyl sites for hydroxylation is 2. The molecular formula is C23H26N2O2. The van der Waals surface area contributed by atoms with E-state index in [1.807, 2.05) is 24.3 Å². The van der Waals surface area contributed by atoms with Crippen LogP contribution in [-0.4, -0.2) is 23.2 Å². The molecule has 0 aliphatic heterocycles. The van der Waals surface area contributed by atoms with Crippen LogP contribution in [0.15, 0.2) is 71.5 Å². The molecule has 0 heterocycles. The molecule has 1 N–H and O–H groups in total. The third-order valence-corrected chi connectivity index (χ3v) is 4.86. The summed E-state index contributed by atoms with van der Waals surface area (Å²) in [5.41, 5.74) is 6.94. The molecule has 0 radical (unpaired) electrons. The summed E-state index contributed by atoms with van der Waals surface area (Å²) in [7, 11) is 0.